The highest BCUT2D eigenvalue weighted by atomic mass is 79.9. The molecule has 0 unspecified atom stereocenters. The number of nitrogens with two attached hydrogens (primary N) is 1. The van der Waals surface area contributed by atoms with Crippen molar-refractivity contribution in [1.82, 2.24) is 15.0 Å². The minimum absolute atomic E-state index is 0.131. The summed E-state index contributed by atoms with van der Waals surface area (Å²) < 4.78 is 1.07. The highest BCUT2D eigenvalue weighted by Crippen LogP contribution is 2.24. The van der Waals surface area contributed by atoms with Crippen LogP contribution in [0.5, 0.6) is 0 Å². The van der Waals surface area contributed by atoms with Gasteiger partial charge >= 0.3 is 0 Å². The van der Waals surface area contributed by atoms with Crippen LogP contribution in [0, 0.1) is 0 Å². The fraction of sp³-hybridized carbons (Fsp3) is 0.357. The molecule has 2 N–H and O–H groups in total. The van der Waals surface area contributed by atoms with Gasteiger partial charge in [-0.15, -0.1) is 11.8 Å². The summed E-state index contributed by atoms with van der Waals surface area (Å²) >= 11 is 5.10. The van der Waals surface area contributed by atoms with Crippen molar-refractivity contribution in [2.24, 2.45) is 0 Å². The predicted molar refractivity (Wildman–Crippen MR) is 86.6 cm³/mol. The first kappa shape index (κ1) is 15.3. The van der Waals surface area contributed by atoms with E-state index in [4.69, 9.17) is 5.73 Å². The number of benzene rings is 1. The van der Waals surface area contributed by atoms with Crippen molar-refractivity contribution in [2.75, 3.05) is 5.73 Å². The lowest BCUT2D eigenvalue weighted by atomic mass is 9.96. The SMILES string of the molecule is CC(C)(C)c1nc(N)nc(CSc2ccc(Br)cc2)n1. The summed E-state index contributed by atoms with van der Waals surface area (Å²) in [6.45, 7) is 6.19. The molecule has 106 valence electrons. The molecule has 2 rings (SSSR count). The van der Waals surface area contributed by atoms with Crippen molar-refractivity contribution in [3.63, 3.8) is 0 Å². The molecule has 0 saturated heterocycles. The fourth-order valence-electron chi connectivity index (χ4n) is 1.52. The highest BCUT2D eigenvalue weighted by molar-refractivity contribution is 9.10. The van der Waals surface area contributed by atoms with Crippen LogP contribution in [0.25, 0.3) is 0 Å². The molecule has 6 heteroatoms. The van der Waals surface area contributed by atoms with E-state index in [-0.39, 0.29) is 11.4 Å². The average molecular weight is 353 g/mol. The van der Waals surface area contributed by atoms with E-state index in [9.17, 15) is 0 Å². The van der Waals surface area contributed by atoms with Crippen molar-refractivity contribution >= 4 is 33.6 Å². The molecular formula is C14H17BrN4S. The molecule has 0 bridgehead atoms. The zero-order valence-corrected chi connectivity index (χ0v) is 14.1. The van der Waals surface area contributed by atoms with Crippen molar-refractivity contribution in [2.45, 2.75) is 36.8 Å². The van der Waals surface area contributed by atoms with Gasteiger partial charge in [0.1, 0.15) is 11.6 Å². The molecule has 2 aromatic rings. The van der Waals surface area contributed by atoms with E-state index < -0.39 is 0 Å². The number of thioether (sulfide) groups is 1. The van der Waals surface area contributed by atoms with Crippen LogP contribution in [0.2, 0.25) is 0 Å². The topological polar surface area (TPSA) is 64.7 Å². The molecule has 20 heavy (non-hydrogen) atoms. The Kier molecular flexibility index (Phi) is 4.65. The van der Waals surface area contributed by atoms with Gasteiger partial charge in [-0.25, -0.2) is 4.98 Å². The van der Waals surface area contributed by atoms with Gasteiger partial charge < -0.3 is 5.73 Å². The average Bonchev–Trinajstić information content (AvgIpc) is 2.36. The van der Waals surface area contributed by atoms with Gasteiger partial charge in [0, 0.05) is 14.8 Å². The lowest BCUT2D eigenvalue weighted by Crippen LogP contribution is -2.19. The molecule has 1 aromatic heterocycles. The zero-order valence-electron chi connectivity index (χ0n) is 11.7. The maximum atomic E-state index is 5.77. The Bertz CT molecular complexity index is 593. The van der Waals surface area contributed by atoms with Crippen LogP contribution < -0.4 is 5.73 Å². The second-order valence-corrected chi connectivity index (χ2v) is 7.39. The number of aromatic nitrogens is 3. The first-order chi connectivity index (χ1) is 9.34. The van der Waals surface area contributed by atoms with Gasteiger partial charge in [-0.3, -0.25) is 0 Å². The molecule has 1 aromatic carbocycles. The molecule has 0 spiro atoms. The summed E-state index contributed by atoms with van der Waals surface area (Å²) in [7, 11) is 0. The van der Waals surface area contributed by atoms with Crippen molar-refractivity contribution < 1.29 is 0 Å². The molecule has 0 fully saturated rings. The van der Waals surface area contributed by atoms with E-state index in [0.29, 0.717) is 5.75 Å². The van der Waals surface area contributed by atoms with Gasteiger partial charge in [-0.05, 0) is 24.3 Å². The molecular weight excluding hydrogens is 336 g/mol. The highest BCUT2D eigenvalue weighted by Gasteiger charge is 2.19. The molecule has 0 aliphatic heterocycles. The third-order valence-electron chi connectivity index (χ3n) is 2.55. The van der Waals surface area contributed by atoms with Crippen LogP contribution in [0.3, 0.4) is 0 Å². The van der Waals surface area contributed by atoms with Crippen molar-refractivity contribution in [3.8, 4) is 0 Å². The minimum atomic E-state index is -0.131. The van der Waals surface area contributed by atoms with E-state index in [2.05, 4.69) is 63.8 Å². The molecule has 1 heterocycles. The molecule has 0 aliphatic rings. The second-order valence-electron chi connectivity index (χ2n) is 5.43. The first-order valence-corrected chi connectivity index (χ1v) is 8.02. The summed E-state index contributed by atoms with van der Waals surface area (Å²) in [5, 5.41) is 0. The Morgan fingerprint density at radius 3 is 2.35 bits per heavy atom. The Balaban J connectivity index is 2.13. The van der Waals surface area contributed by atoms with E-state index in [0.717, 1.165) is 16.1 Å². The van der Waals surface area contributed by atoms with Crippen LogP contribution in [0.4, 0.5) is 5.95 Å². The first-order valence-electron chi connectivity index (χ1n) is 6.24. The Morgan fingerprint density at radius 2 is 1.75 bits per heavy atom. The lowest BCUT2D eigenvalue weighted by molar-refractivity contribution is 0.539. The summed E-state index contributed by atoms with van der Waals surface area (Å²) in [5.41, 5.74) is 5.64. The summed E-state index contributed by atoms with van der Waals surface area (Å²) in [5.74, 6) is 2.42. The smallest absolute Gasteiger partial charge is 0.223 e. The van der Waals surface area contributed by atoms with Gasteiger partial charge in [0.2, 0.25) is 5.95 Å². The van der Waals surface area contributed by atoms with E-state index in [1.54, 1.807) is 11.8 Å². The fourth-order valence-corrected chi connectivity index (χ4v) is 2.53. The largest absolute Gasteiger partial charge is 0.368 e. The number of rotatable bonds is 3. The monoisotopic (exact) mass is 352 g/mol. The Morgan fingerprint density at radius 1 is 1.10 bits per heavy atom. The van der Waals surface area contributed by atoms with Crippen LogP contribution in [-0.4, -0.2) is 15.0 Å². The number of nitrogens with zero attached hydrogens (tertiary/aromatic N) is 3. The molecule has 0 aliphatic carbocycles. The van der Waals surface area contributed by atoms with Gasteiger partial charge in [-0.2, -0.15) is 9.97 Å². The van der Waals surface area contributed by atoms with E-state index >= 15 is 0 Å². The normalized spacial score (nSPS) is 11.6. The van der Waals surface area contributed by atoms with Gasteiger partial charge in [0.15, 0.2) is 0 Å². The Labute approximate surface area is 131 Å². The molecule has 0 saturated carbocycles. The summed E-state index contributed by atoms with van der Waals surface area (Å²) in [6, 6.07) is 8.16. The molecule has 0 atom stereocenters. The summed E-state index contributed by atoms with van der Waals surface area (Å²) in [6.07, 6.45) is 0. The van der Waals surface area contributed by atoms with Crippen molar-refractivity contribution in [1.29, 1.82) is 0 Å². The van der Waals surface area contributed by atoms with Crippen LogP contribution >= 0.6 is 27.7 Å². The number of halogens is 1. The molecule has 0 radical (unpaired) electrons. The number of hydrogen-bond acceptors (Lipinski definition) is 5. The third kappa shape index (κ3) is 4.18. The lowest BCUT2D eigenvalue weighted by Gasteiger charge is -2.17. The minimum Gasteiger partial charge on any atom is -0.368 e. The maximum Gasteiger partial charge on any atom is 0.223 e. The van der Waals surface area contributed by atoms with Crippen LogP contribution in [0.1, 0.15) is 32.4 Å². The van der Waals surface area contributed by atoms with E-state index in [1.165, 1.54) is 4.90 Å². The number of hydrogen-bond donors (Lipinski definition) is 1. The van der Waals surface area contributed by atoms with Crippen LogP contribution in [-0.2, 0) is 11.2 Å². The maximum absolute atomic E-state index is 5.77. The van der Waals surface area contributed by atoms with Gasteiger partial charge in [-0.1, -0.05) is 36.7 Å². The Hall–Kier alpha value is -1.14. The predicted octanol–water partition coefficient (Wildman–Crippen LogP) is 3.81. The quantitative estimate of drug-likeness (QED) is 0.850. The summed E-state index contributed by atoms with van der Waals surface area (Å²) in [4.78, 5) is 14.1. The standard InChI is InChI=1S/C14H17BrN4S/c1-14(2,3)12-17-11(18-13(16)19-12)8-20-10-6-4-9(15)5-7-10/h4-7H,8H2,1-3H3,(H2,16,17,18,19). The number of nitrogen functional groups attached to an aromatic ring is 1. The van der Waals surface area contributed by atoms with E-state index in [1.807, 2.05) is 12.1 Å². The van der Waals surface area contributed by atoms with Gasteiger partial charge in [0.05, 0.1) is 5.75 Å². The van der Waals surface area contributed by atoms with Gasteiger partial charge in [0.25, 0.3) is 0 Å². The third-order valence-corrected chi connectivity index (χ3v) is 4.09. The van der Waals surface area contributed by atoms with Crippen LogP contribution in [0.15, 0.2) is 33.6 Å². The second kappa shape index (κ2) is 6.10. The number of anilines is 1. The molecule has 0 amide bonds. The van der Waals surface area contributed by atoms with Crippen molar-refractivity contribution in [3.05, 3.63) is 40.4 Å². The zero-order chi connectivity index (χ0) is 14.8. The molecule has 4 nitrogen and oxygen atoms in total.